The average molecular weight is 903 g/mol. The molecule has 0 saturated carbocycles. The Morgan fingerprint density at radius 1 is 0.857 bits per heavy atom. The maximum atomic E-state index is 16.4. The van der Waals surface area contributed by atoms with Gasteiger partial charge in [0.15, 0.2) is 11.6 Å². The number of hydrogen-bond donors (Lipinski definition) is 2. The number of hydrogen-bond acceptors (Lipinski definition) is 10. The molecule has 2 N–H and O–H groups in total. The Bertz CT molecular complexity index is 2610. The Morgan fingerprint density at radius 3 is 2.32 bits per heavy atom. The van der Waals surface area contributed by atoms with Gasteiger partial charge in [-0.2, -0.15) is 17.8 Å². The molecule has 330 valence electrons. The highest BCUT2D eigenvalue weighted by Crippen LogP contribution is 2.39. The van der Waals surface area contributed by atoms with Gasteiger partial charge in [0, 0.05) is 118 Å². The van der Waals surface area contributed by atoms with Crippen LogP contribution >= 0.6 is 11.6 Å². The molecule has 19 heteroatoms. The van der Waals surface area contributed by atoms with Crippen molar-refractivity contribution in [2.75, 3.05) is 73.4 Å². The number of rotatable bonds is 11. The summed E-state index contributed by atoms with van der Waals surface area (Å²) in [5.74, 6) is -0.868. The van der Waals surface area contributed by atoms with E-state index in [9.17, 15) is 22.4 Å². The largest absolute Gasteiger partial charge is 0.369 e. The van der Waals surface area contributed by atoms with Crippen molar-refractivity contribution in [1.29, 1.82) is 0 Å². The molecule has 4 aliphatic heterocycles. The Kier molecular flexibility index (Phi) is 12.1. The number of nitrogens with zero attached hydrogens (tertiary/aromatic N) is 8. The highest BCUT2D eigenvalue weighted by atomic mass is 35.5. The molecule has 2 atom stereocenters. The third-order valence-electron chi connectivity index (χ3n) is 12.5. The first kappa shape index (κ1) is 42.7. The summed E-state index contributed by atoms with van der Waals surface area (Å²) in [6.45, 7) is 5.51. The summed E-state index contributed by atoms with van der Waals surface area (Å²) in [6.07, 6.45) is 7.97. The second-order valence-corrected chi connectivity index (χ2v) is 18.7. The summed E-state index contributed by atoms with van der Waals surface area (Å²) in [6, 6.07) is 14.7. The van der Waals surface area contributed by atoms with Crippen LogP contribution < -0.4 is 19.8 Å². The Balaban J connectivity index is 0.842. The maximum absolute atomic E-state index is 16.4. The number of carbonyl (C=O) groups excluding carboxylic acids is 2. The van der Waals surface area contributed by atoms with Crippen LogP contribution in [-0.2, 0) is 19.8 Å². The van der Waals surface area contributed by atoms with Crippen molar-refractivity contribution in [3.63, 3.8) is 0 Å². The number of pyridine rings is 2. The van der Waals surface area contributed by atoms with Crippen LogP contribution in [0.2, 0.25) is 5.02 Å². The summed E-state index contributed by atoms with van der Waals surface area (Å²) >= 11 is 6.44. The predicted octanol–water partition coefficient (Wildman–Crippen LogP) is 6.19. The molecule has 14 nitrogen and oxygen atoms in total. The molecule has 3 aromatic heterocycles. The van der Waals surface area contributed by atoms with Gasteiger partial charge in [-0.3, -0.25) is 29.5 Å². The van der Waals surface area contributed by atoms with E-state index in [1.165, 1.54) is 23.0 Å². The summed E-state index contributed by atoms with van der Waals surface area (Å²) in [7, 11) is -4.29. The van der Waals surface area contributed by atoms with Crippen LogP contribution in [0.15, 0.2) is 79.4 Å². The molecule has 2 aromatic carbocycles. The number of halogens is 4. The van der Waals surface area contributed by atoms with E-state index in [1.54, 1.807) is 36.8 Å². The number of benzene rings is 2. The number of nitrogens with one attached hydrogen (secondary N) is 2. The zero-order valence-electron chi connectivity index (χ0n) is 34.3. The third kappa shape index (κ3) is 9.25. The van der Waals surface area contributed by atoms with Crippen LogP contribution in [0.5, 0.6) is 0 Å². The standard InChI is InChI=1S/C44H46ClF3N10O4S/c45-31-21-35(42(48)38(22-31)53-63(61,62)57-16-11-32(46)26-57)36-27-58(52-43(36)29-7-12-49-13-8-29)39-4-2-33(23-37(39)47)55-19-17-54(18-20-55)25-28-9-14-56(15-10-28)40-5-1-30(24-50-40)34-3-6-41(59)51-44(34)60/h1-2,4-5,7-8,12-13,21-24,27-28,32,34,53H,3,6,9-11,14-20,25-26H2,(H,51,59,60)/t32-,34-/m1/s1. The highest BCUT2D eigenvalue weighted by Gasteiger charge is 2.33. The summed E-state index contributed by atoms with van der Waals surface area (Å²) in [4.78, 5) is 39.5. The van der Waals surface area contributed by atoms with E-state index in [0.29, 0.717) is 24.3 Å². The first-order valence-electron chi connectivity index (χ1n) is 21.1. The second kappa shape index (κ2) is 17.9. The van der Waals surface area contributed by atoms with E-state index in [-0.39, 0.29) is 64.8 Å². The molecule has 0 bridgehead atoms. The minimum absolute atomic E-state index is 0.0357. The van der Waals surface area contributed by atoms with Gasteiger partial charge in [0.1, 0.15) is 23.4 Å². The Hall–Kier alpha value is -5.56. The summed E-state index contributed by atoms with van der Waals surface area (Å²) in [5.41, 5.74) is 2.28. The Labute approximate surface area is 368 Å². The van der Waals surface area contributed by atoms with E-state index in [4.69, 9.17) is 16.7 Å². The van der Waals surface area contributed by atoms with E-state index < -0.39 is 33.7 Å². The number of amides is 2. The van der Waals surface area contributed by atoms with Gasteiger partial charge >= 0.3 is 10.2 Å². The molecule has 7 heterocycles. The van der Waals surface area contributed by atoms with Crippen LogP contribution in [0, 0.1) is 17.6 Å². The van der Waals surface area contributed by atoms with Crippen LogP contribution in [0.1, 0.15) is 43.6 Å². The normalized spacial score (nSPS) is 20.6. The smallest absolute Gasteiger partial charge is 0.301 e. The van der Waals surface area contributed by atoms with Gasteiger partial charge in [0.2, 0.25) is 11.8 Å². The molecular formula is C44H46ClF3N10O4S. The first-order chi connectivity index (χ1) is 30.4. The molecule has 2 amide bonds. The van der Waals surface area contributed by atoms with Crippen LogP contribution in [0.4, 0.5) is 30.4 Å². The quantitative estimate of drug-likeness (QED) is 0.147. The fraction of sp³-hybridized carbons (Fsp3) is 0.386. The number of aromatic nitrogens is 4. The zero-order valence-corrected chi connectivity index (χ0v) is 35.8. The number of alkyl halides is 1. The van der Waals surface area contributed by atoms with Crippen molar-refractivity contribution in [1.82, 2.24) is 34.3 Å². The van der Waals surface area contributed by atoms with Gasteiger partial charge in [-0.05, 0) is 85.7 Å². The topological polar surface area (TPSA) is 149 Å². The number of piperidine rings is 2. The lowest BCUT2D eigenvalue weighted by Crippen LogP contribution is -2.49. The molecule has 0 radical (unpaired) electrons. The van der Waals surface area contributed by atoms with Gasteiger partial charge in [-0.1, -0.05) is 17.7 Å². The molecule has 5 aromatic rings. The summed E-state index contributed by atoms with van der Waals surface area (Å²) in [5, 5.41) is 7.14. The van der Waals surface area contributed by atoms with Crippen molar-refractivity contribution in [2.24, 2.45) is 5.92 Å². The first-order valence-corrected chi connectivity index (χ1v) is 22.9. The maximum Gasteiger partial charge on any atom is 0.301 e. The fourth-order valence-electron chi connectivity index (χ4n) is 8.97. The van der Waals surface area contributed by atoms with Gasteiger partial charge in [-0.15, -0.1) is 0 Å². The molecule has 9 rings (SSSR count). The van der Waals surface area contributed by atoms with Gasteiger partial charge in [0.25, 0.3) is 0 Å². The molecule has 0 unspecified atom stereocenters. The number of piperazine rings is 1. The third-order valence-corrected chi connectivity index (χ3v) is 14.2. The van der Waals surface area contributed by atoms with E-state index in [2.05, 4.69) is 34.7 Å². The lowest BCUT2D eigenvalue weighted by Gasteiger charge is -2.40. The number of imide groups is 1. The number of carbonyl (C=O) groups is 2. The van der Waals surface area contributed by atoms with Crippen molar-refractivity contribution in [2.45, 2.75) is 44.2 Å². The molecule has 0 spiro atoms. The summed E-state index contributed by atoms with van der Waals surface area (Å²) < 4.78 is 77.0. The highest BCUT2D eigenvalue weighted by molar-refractivity contribution is 7.90. The van der Waals surface area contributed by atoms with E-state index in [1.807, 2.05) is 18.2 Å². The van der Waals surface area contributed by atoms with Crippen molar-refractivity contribution in [3.8, 4) is 28.1 Å². The monoisotopic (exact) mass is 902 g/mol. The second-order valence-electron chi connectivity index (χ2n) is 16.5. The molecule has 0 aliphatic carbocycles. The van der Waals surface area contributed by atoms with Gasteiger partial charge in [0.05, 0.1) is 11.6 Å². The SMILES string of the molecule is O=C1CC[C@H](c2ccc(N3CCC(CN4CCN(c5ccc(-n6cc(-c7cc(Cl)cc(NS(=O)(=O)N8CC[C@@H](F)C8)c7F)c(-c7ccncc7)n6)c(F)c5)CC4)CC3)nc2)C(=O)N1. The molecule has 4 aliphatic rings. The minimum Gasteiger partial charge on any atom is -0.369 e. The van der Waals surface area contributed by atoms with Gasteiger partial charge < -0.3 is 9.80 Å². The van der Waals surface area contributed by atoms with Crippen LogP contribution in [-0.4, -0.2) is 114 Å². The Morgan fingerprint density at radius 2 is 1.63 bits per heavy atom. The number of anilines is 3. The van der Waals surface area contributed by atoms with E-state index in [0.717, 1.165) is 86.1 Å². The molecule has 4 saturated heterocycles. The van der Waals surface area contributed by atoms with E-state index >= 15 is 8.78 Å². The lowest BCUT2D eigenvalue weighted by molar-refractivity contribution is -0.134. The van der Waals surface area contributed by atoms with Crippen molar-refractivity contribution >= 4 is 50.8 Å². The average Bonchev–Trinajstić information content (AvgIpc) is 3.93. The van der Waals surface area contributed by atoms with Gasteiger partial charge in [-0.25, -0.2) is 22.8 Å². The molecule has 63 heavy (non-hydrogen) atoms. The van der Waals surface area contributed by atoms with Crippen molar-refractivity contribution < 1.29 is 31.2 Å². The van der Waals surface area contributed by atoms with Crippen LogP contribution in [0.3, 0.4) is 0 Å². The van der Waals surface area contributed by atoms with Crippen molar-refractivity contribution in [3.05, 3.63) is 102 Å². The molecule has 4 fully saturated rings. The zero-order chi connectivity index (χ0) is 43.8. The van der Waals surface area contributed by atoms with Crippen LogP contribution in [0.25, 0.3) is 28.1 Å². The molecular weight excluding hydrogens is 857 g/mol. The predicted molar refractivity (Wildman–Crippen MR) is 234 cm³/mol. The fourth-order valence-corrected chi connectivity index (χ4v) is 10.4. The minimum atomic E-state index is -4.29. The lowest BCUT2D eigenvalue weighted by atomic mass is 9.91.